The van der Waals surface area contributed by atoms with Crippen molar-refractivity contribution in [2.75, 3.05) is 26.7 Å². The van der Waals surface area contributed by atoms with E-state index in [0.717, 1.165) is 13.1 Å². The average Bonchev–Trinajstić information content (AvgIpc) is 1.94. The van der Waals surface area contributed by atoms with Gasteiger partial charge in [0.25, 0.3) is 0 Å². The Morgan fingerprint density at radius 2 is 2.14 bits per heavy atom. The van der Waals surface area contributed by atoms with Crippen LogP contribution in [0.5, 0.6) is 0 Å². The highest BCUT2D eigenvalue weighted by atomic mass is 35.5. The Bertz CT molecular complexity index is 223. The molecule has 1 saturated carbocycles. The second-order valence-corrected chi connectivity index (χ2v) is 4.29. The molecule has 1 heterocycles. The minimum atomic E-state index is -0.610. The molecule has 0 atom stereocenters. The quantitative estimate of drug-likeness (QED) is 0.742. The molecule has 1 aliphatic carbocycles. The zero-order chi connectivity index (χ0) is 9.47. The Labute approximate surface area is 89.4 Å². The summed E-state index contributed by atoms with van der Waals surface area (Å²) in [6, 6.07) is 0. The second kappa shape index (κ2) is 4.03. The van der Waals surface area contributed by atoms with Gasteiger partial charge in [-0.15, -0.1) is 12.4 Å². The SMILES string of the molecule is CNCC(=O)N1CC2(CC(F)C2)C1.Cl. The maximum absolute atomic E-state index is 12.6. The third kappa shape index (κ3) is 1.86. The van der Waals surface area contributed by atoms with Crippen molar-refractivity contribution in [2.24, 2.45) is 5.41 Å². The Kier molecular flexibility index (Phi) is 3.37. The fraction of sp³-hybridized carbons (Fsp3) is 0.889. The van der Waals surface area contributed by atoms with E-state index < -0.39 is 6.17 Å². The number of nitrogens with one attached hydrogen (secondary N) is 1. The van der Waals surface area contributed by atoms with Gasteiger partial charge in [-0.2, -0.15) is 0 Å². The van der Waals surface area contributed by atoms with E-state index in [9.17, 15) is 9.18 Å². The van der Waals surface area contributed by atoms with E-state index >= 15 is 0 Å². The molecule has 14 heavy (non-hydrogen) atoms. The highest BCUT2D eigenvalue weighted by Gasteiger charge is 2.53. The number of carbonyl (C=O) groups excluding carboxylic acids is 1. The van der Waals surface area contributed by atoms with Crippen molar-refractivity contribution in [3.05, 3.63) is 0 Å². The molecule has 3 nitrogen and oxygen atoms in total. The normalized spacial score (nSPS) is 23.7. The van der Waals surface area contributed by atoms with Crippen molar-refractivity contribution in [3.8, 4) is 0 Å². The summed E-state index contributed by atoms with van der Waals surface area (Å²) < 4.78 is 12.6. The van der Waals surface area contributed by atoms with Crippen LogP contribution in [-0.4, -0.2) is 43.7 Å². The minimum absolute atomic E-state index is 0. The first-order valence-electron chi connectivity index (χ1n) is 4.72. The lowest BCUT2D eigenvalue weighted by Gasteiger charge is -2.57. The molecular weight excluding hydrogens is 207 g/mol. The maximum Gasteiger partial charge on any atom is 0.236 e. The average molecular weight is 223 g/mol. The number of nitrogens with zero attached hydrogens (tertiary/aromatic N) is 1. The second-order valence-electron chi connectivity index (χ2n) is 4.29. The van der Waals surface area contributed by atoms with E-state index in [4.69, 9.17) is 0 Å². The highest BCUT2D eigenvalue weighted by Crippen LogP contribution is 2.49. The molecule has 0 radical (unpaired) electrons. The molecule has 2 aliphatic rings. The van der Waals surface area contributed by atoms with Crippen LogP contribution in [0.4, 0.5) is 4.39 Å². The van der Waals surface area contributed by atoms with E-state index in [1.165, 1.54) is 0 Å². The minimum Gasteiger partial charge on any atom is -0.340 e. The van der Waals surface area contributed by atoms with Gasteiger partial charge < -0.3 is 10.2 Å². The molecule has 1 amide bonds. The van der Waals surface area contributed by atoms with Gasteiger partial charge in [-0.05, 0) is 19.9 Å². The Morgan fingerprint density at radius 3 is 2.57 bits per heavy atom. The molecule has 1 N–H and O–H groups in total. The number of carbonyl (C=O) groups is 1. The van der Waals surface area contributed by atoms with Crippen molar-refractivity contribution in [1.29, 1.82) is 0 Å². The third-order valence-corrected chi connectivity index (χ3v) is 3.04. The van der Waals surface area contributed by atoms with Crippen molar-refractivity contribution in [1.82, 2.24) is 10.2 Å². The molecule has 2 rings (SSSR count). The van der Waals surface area contributed by atoms with Crippen LogP contribution in [-0.2, 0) is 4.79 Å². The van der Waals surface area contributed by atoms with Gasteiger partial charge in [-0.25, -0.2) is 4.39 Å². The molecular formula is C9H16ClFN2O. The van der Waals surface area contributed by atoms with E-state index in [0.29, 0.717) is 19.4 Å². The van der Waals surface area contributed by atoms with E-state index in [2.05, 4.69) is 5.32 Å². The number of alkyl halides is 1. The topological polar surface area (TPSA) is 32.3 Å². The monoisotopic (exact) mass is 222 g/mol. The van der Waals surface area contributed by atoms with E-state index in [1.807, 2.05) is 4.90 Å². The summed E-state index contributed by atoms with van der Waals surface area (Å²) >= 11 is 0. The number of rotatable bonds is 2. The fourth-order valence-corrected chi connectivity index (χ4v) is 2.34. The van der Waals surface area contributed by atoms with E-state index in [-0.39, 0.29) is 23.7 Å². The standard InChI is InChI=1S/C9H15FN2O.ClH/c1-11-4-8(13)12-5-9(6-12)2-7(10)3-9;/h7,11H,2-6H2,1H3;1H. The molecule has 0 unspecified atom stereocenters. The number of likely N-dealkylation sites (N-methyl/N-ethyl adjacent to an activating group) is 1. The van der Waals surface area contributed by atoms with Gasteiger partial charge in [0.1, 0.15) is 6.17 Å². The van der Waals surface area contributed by atoms with Crippen molar-refractivity contribution in [2.45, 2.75) is 19.0 Å². The summed E-state index contributed by atoms with van der Waals surface area (Å²) in [7, 11) is 1.76. The predicted molar refractivity (Wildman–Crippen MR) is 54.3 cm³/mol. The van der Waals surface area contributed by atoms with Crippen LogP contribution in [0.15, 0.2) is 0 Å². The molecule has 1 saturated heterocycles. The van der Waals surface area contributed by atoms with Crippen LogP contribution in [0.3, 0.4) is 0 Å². The number of halogens is 2. The molecule has 0 aromatic heterocycles. The molecule has 5 heteroatoms. The summed E-state index contributed by atoms with van der Waals surface area (Å²) in [5.74, 6) is 0.135. The predicted octanol–water partition coefficient (Wildman–Crippen LogP) is 0.588. The van der Waals surface area contributed by atoms with Crippen molar-refractivity contribution < 1.29 is 9.18 Å². The first kappa shape index (κ1) is 11.7. The molecule has 2 fully saturated rings. The zero-order valence-electron chi connectivity index (χ0n) is 8.25. The van der Waals surface area contributed by atoms with Crippen LogP contribution < -0.4 is 5.32 Å². The summed E-state index contributed by atoms with van der Waals surface area (Å²) in [5, 5.41) is 2.82. The van der Waals surface area contributed by atoms with Crippen LogP contribution in [0.2, 0.25) is 0 Å². The molecule has 0 aromatic rings. The van der Waals surface area contributed by atoms with Crippen molar-refractivity contribution >= 4 is 18.3 Å². The van der Waals surface area contributed by atoms with Gasteiger partial charge in [0, 0.05) is 18.5 Å². The van der Waals surface area contributed by atoms with Crippen LogP contribution >= 0.6 is 12.4 Å². The molecule has 0 aromatic carbocycles. The van der Waals surface area contributed by atoms with Gasteiger partial charge >= 0.3 is 0 Å². The molecule has 1 spiro atoms. The fourth-order valence-electron chi connectivity index (χ4n) is 2.34. The number of hydrogen-bond donors (Lipinski definition) is 1. The third-order valence-electron chi connectivity index (χ3n) is 3.04. The van der Waals surface area contributed by atoms with Crippen LogP contribution in [0.25, 0.3) is 0 Å². The van der Waals surface area contributed by atoms with Gasteiger partial charge in [0.15, 0.2) is 0 Å². The van der Waals surface area contributed by atoms with Crippen LogP contribution in [0, 0.1) is 5.41 Å². The van der Waals surface area contributed by atoms with Crippen molar-refractivity contribution in [3.63, 3.8) is 0 Å². The van der Waals surface area contributed by atoms with Crippen LogP contribution in [0.1, 0.15) is 12.8 Å². The Morgan fingerprint density at radius 1 is 1.57 bits per heavy atom. The first-order chi connectivity index (χ1) is 6.15. The van der Waals surface area contributed by atoms with Gasteiger partial charge in [0.2, 0.25) is 5.91 Å². The summed E-state index contributed by atoms with van der Waals surface area (Å²) in [6.07, 6.45) is 0.716. The lowest BCUT2D eigenvalue weighted by Crippen LogP contribution is -2.65. The number of hydrogen-bond acceptors (Lipinski definition) is 2. The van der Waals surface area contributed by atoms with Gasteiger partial charge in [-0.3, -0.25) is 4.79 Å². The first-order valence-corrected chi connectivity index (χ1v) is 4.72. The van der Waals surface area contributed by atoms with E-state index in [1.54, 1.807) is 7.05 Å². The number of amides is 1. The molecule has 0 bridgehead atoms. The lowest BCUT2D eigenvalue weighted by atomic mass is 9.62. The maximum atomic E-state index is 12.6. The Balaban J connectivity index is 0.000000980. The summed E-state index contributed by atoms with van der Waals surface area (Å²) in [4.78, 5) is 13.1. The number of likely N-dealkylation sites (tertiary alicyclic amines) is 1. The highest BCUT2D eigenvalue weighted by molar-refractivity contribution is 5.85. The smallest absolute Gasteiger partial charge is 0.236 e. The van der Waals surface area contributed by atoms with Gasteiger partial charge in [-0.1, -0.05) is 0 Å². The largest absolute Gasteiger partial charge is 0.340 e. The summed E-state index contributed by atoms with van der Waals surface area (Å²) in [5.41, 5.74) is 0.169. The van der Waals surface area contributed by atoms with Gasteiger partial charge in [0.05, 0.1) is 6.54 Å². The zero-order valence-corrected chi connectivity index (χ0v) is 9.07. The lowest BCUT2D eigenvalue weighted by molar-refractivity contribution is -0.155. The molecule has 82 valence electrons. The Hall–Kier alpha value is -0.350. The molecule has 1 aliphatic heterocycles. The summed E-state index contributed by atoms with van der Waals surface area (Å²) in [6.45, 7) is 1.94.